The topological polar surface area (TPSA) is 107 Å². The first-order valence-corrected chi connectivity index (χ1v) is 9.24. The van der Waals surface area contributed by atoms with Crippen LogP contribution in [0.4, 0.5) is 0 Å². The Morgan fingerprint density at radius 2 is 1.76 bits per heavy atom. The summed E-state index contributed by atoms with van der Waals surface area (Å²) >= 11 is 0. The van der Waals surface area contributed by atoms with Crippen molar-refractivity contribution in [3.8, 4) is 0 Å². The van der Waals surface area contributed by atoms with Gasteiger partial charge in [0.15, 0.2) is 30.4 Å². The molecule has 3 rings (SSSR count). The molecular weight excluding hydrogens is 384 g/mol. The maximum Gasteiger partial charge on any atom is 0.338 e. The Morgan fingerprint density at radius 3 is 2.38 bits per heavy atom. The normalized spacial score (nSPS) is 28.3. The summed E-state index contributed by atoms with van der Waals surface area (Å²) in [7, 11) is 0. The van der Waals surface area contributed by atoms with Crippen LogP contribution in [0.25, 0.3) is 0 Å². The second-order valence-corrected chi connectivity index (χ2v) is 7.26. The van der Waals surface area contributed by atoms with Gasteiger partial charge in [0.05, 0.1) is 5.56 Å². The Hall–Kier alpha value is -2.49. The highest BCUT2D eigenvalue weighted by molar-refractivity contribution is 5.89. The highest BCUT2D eigenvalue weighted by atomic mass is 16.8. The van der Waals surface area contributed by atoms with Gasteiger partial charge in [0.2, 0.25) is 0 Å². The molecule has 2 fully saturated rings. The summed E-state index contributed by atoms with van der Waals surface area (Å²) in [4.78, 5) is 35.4. The summed E-state index contributed by atoms with van der Waals surface area (Å²) in [6.45, 7) is 5.61. The highest BCUT2D eigenvalue weighted by Crippen LogP contribution is 2.40. The second kappa shape index (κ2) is 8.48. The zero-order chi connectivity index (χ0) is 21.2. The van der Waals surface area contributed by atoms with Crippen LogP contribution in [0.15, 0.2) is 30.3 Å². The largest absolute Gasteiger partial charge is 0.462 e. The molecule has 2 aliphatic heterocycles. The molecule has 0 amide bonds. The van der Waals surface area contributed by atoms with E-state index in [1.807, 2.05) is 0 Å². The lowest BCUT2D eigenvalue weighted by Gasteiger charge is -2.30. The highest BCUT2D eigenvalue weighted by Gasteiger charge is 2.59. The van der Waals surface area contributed by atoms with Crippen LogP contribution >= 0.6 is 0 Å². The van der Waals surface area contributed by atoms with Crippen molar-refractivity contribution in [2.75, 3.05) is 6.61 Å². The van der Waals surface area contributed by atoms with Gasteiger partial charge in [-0.2, -0.15) is 0 Å². The van der Waals surface area contributed by atoms with Gasteiger partial charge in [-0.1, -0.05) is 18.2 Å². The molecule has 1 aromatic rings. The molecule has 0 spiro atoms. The lowest BCUT2D eigenvalue weighted by molar-refractivity contribution is -0.231. The summed E-state index contributed by atoms with van der Waals surface area (Å²) in [6.07, 6.45) is -4.48. The van der Waals surface area contributed by atoms with Gasteiger partial charge in [-0.3, -0.25) is 9.59 Å². The quantitative estimate of drug-likeness (QED) is 0.512. The Kier molecular flexibility index (Phi) is 6.21. The average molecular weight is 408 g/mol. The standard InChI is InChI=1S/C20H24O9/c1-11(21)24-10-14(25-12(2)22)15-16(17-19(27-15)29-20(3,4)28-17)26-18(23)13-8-6-5-7-9-13/h5-9,14-17,19H,10H2,1-4H3/t14-,15-,16+,17-,19-/m0/s1. The van der Waals surface area contributed by atoms with E-state index in [0.717, 1.165) is 0 Å². The van der Waals surface area contributed by atoms with Gasteiger partial charge in [-0.05, 0) is 26.0 Å². The summed E-state index contributed by atoms with van der Waals surface area (Å²) in [5, 5.41) is 0. The van der Waals surface area contributed by atoms with Crippen LogP contribution in [-0.2, 0) is 38.0 Å². The molecule has 2 heterocycles. The van der Waals surface area contributed by atoms with Crippen molar-refractivity contribution in [1.82, 2.24) is 0 Å². The smallest absolute Gasteiger partial charge is 0.338 e. The second-order valence-electron chi connectivity index (χ2n) is 7.26. The fourth-order valence-electron chi connectivity index (χ4n) is 3.31. The van der Waals surface area contributed by atoms with E-state index in [1.54, 1.807) is 44.2 Å². The lowest BCUT2D eigenvalue weighted by Crippen LogP contribution is -2.47. The van der Waals surface area contributed by atoms with E-state index in [9.17, 15) is 14.4 Å². The molecule has 0 bridgehead atoms. The minimum absolute atomic E-state index is 0.262. The number of hydrogen-bond donors (Lipinski definition) is 0. The minimum Gasteiger partial charge on any atom is -0.462 e. The molecule has 2 saturated heterocycles. The molecule has 0 unspecified atom stereocenters. The number of benzene rings is 1. The van der Waals surface area contributed by atoms with Crippen molar-refractivity contribution in [3.05, 3.63) is 35.9 Å². The van der Waals surface area contributed by atoms with E-state index in [0.29, 0.717) is 5.56 Å². The Morgan fingerprint density at radius 1 is 1.07 bits per heavy atom. The van der Waals surface area contributed by atoms with Gasteiger partial charge in [-0.25, -0.2) is 4.79 Å². The molecule has 0 aliphatic carbocycles. The third-order valence-corrected chi connectivity index (χ3v) is 4.41. The molecule has 0 N–H and O–H groups in total. The summed E-state index contributed by atoms with van der Waals surface area (Å²) in [6, 6.07) is 8.43. The zero-order valence-corrected chi connectivity index (χ0v) is 16.7. The summed E-state index contributed by atoms with van der Waals surface area (Å²) in [5.41, 5.74) is 0.344. The van der Waals surface area contributed by atoms with E-state index >= 15 is 0 Å². The summed E-state index contributed by atoms with van der Waals surface area (Å²) in [5.74, 6) is -2.68. The van der Waals surface area contributed by atoms with Crippen LogP contribution in [0.1, 0.15) is 38.1 Å². The molecule has 9 heteroatoms. The van der Waals surface area contributed by atoms with E-state index in [1.165, 1.54) is 13.8 Å². The van der Waals surface area contributed by atoms with Crippen LogP contribution in [0.5, 0.6) is 0 Å². The summed E-state index contributed by atoms with van der Waals surface area (Å²) < 4.78 is 33.4. The number of fused-ring (bicyclic) bond motifs is 1. The number of carbonyl (C=O) groups is 3. The molecule has 158 valence electrons. The van der Waals surface area contributed by atoms with E-state index in [-0.39, 0.29) is 6.61 Å². The van der Waals surface area contributed by atoms with Gasteiger partial charge in [-0.15, -0.1) is 0 Å². The Bertz CT molecular complexity index is 760. The first-order chi connectivity index (χ1) is 13.7. The molecule has 5 atom stereocenters. The van der Waals surface area contributed by atoms with Crippen LogP contribution < -0.4 is 0 Å². The van der Waals surface area contributed by atoms with Crippen LogP contribution in [0.3, 0.4) is 0 Å². The van der Waals surface area contributed by atoms with Crippen LogP contribution in [-0.4, -0.2) is 61.0 Å². The first-order valence-electron chi connectivity index (χ1n) is 9.24. The van der Waals surface area contributed by atoms with Crippen LogP contribution in [0, 0.1) is 0 Å². The average Bonchev–Trinajstić information content (AvgIpc) is 3.11. The van der Waals surface area contributed by atoms with Gasteiger partial charge < -0.3 is 28.4 Å². The van der Waals surface area contributed by atoms with Crippen LogP contribution in [0.2, 0.25) is 0 Å². The van der Waals surface area contributed by atoms with Crippen molar-refractivity contribution in [3.63, 3.8) is 0 Å². The Balaban J connectivity index is 1.84. The molecule has 29 heavy (non-hydrogen) atoms. The zero-order valence-electron chi connectivity index (χ0n) is 16.7. The van der Waals surface area contributed by atoms with Crippen molar-refractivity contribution in [2.24, 2.45) is 0 Å². The van der Waals surface area contributed by atoms with Gasteiger partial charge >= 0.3 is 17.9 Å². The molecule has 0 radical (unpaired) electrons. The third kappa shape index (κ3) is 5.11. The minimum atomic E-state index is -1.01. The van der Waals surface area contributed by atoms with E-state index in [4.69, 9.17) is 28.4 Å². The van der Waals surface area contributed by atoms with Gasteiger partial charge in [0, 0.05) is 13.8 Å². The monoisotopic (exact) mass is 408 g/mol. The fraction of sp³-hybridized carbons (Fsp3) is 0.550. The van der Waals surface area contributed by atoms with Crippen molar-refractivity contribution in [1.29, 1.82) is 0 Å². The van der Waals surface area contributed by atoms with Gasteiger partial charge in [0.25, 0.3) is 0 Å². The number of ether oxygens (including phenoxy) is 6. The number of carbonyl (C=O) groups excluding carboxylic acids is 3. The lowest BCUT2D eigenvalue weighted by atomic mass is 10.1. The molecule has 9 nitrogen and oxygen atoms in total. The molecule has 0 saturated carbocycles. The Labute approximate surface area is 168 Å². The number of esters is 3. The molecular formula is C20H24O9. The predicted octanol–water partition coefficient (Wildman–Crippen LogP) is 1.58. The third-order valence-electron chi connectivity index (χ3n) is 4.41. The molecule has 1 aromatic carbocycles. The molecule has 0 aromatic heterocycles. The fourth-order valence-corrected chi connectivity index (χ4v) is 3.31. The van der Waals surface area contributed by atoms with E-state index in [2.05, 4.69) is 0 Å². The van der Waals surface area contributed by atoms with E-state index < -0.39 is 54.4 Å². The number of hydrogen-bond acceptors (Lipinski definition) is 9. The first kappa shape index (κ1) is 21.2. The predicted molar refractivity (Wildman–Crippen MR) is 96.5 cm³/mol. The SMILES string of the molecule is CC(=O)OC[C@H](OC(C)=O)[C@@H]1O[C@H]2OC(C)(C)O[C@H]2[C@@H]1OC(=O)c1ccccc1. The number of rotatable bonds is 6. The van der Waals surface area contributed by atoms with Crippen molar-refractivity contribution in [2.45, 2.75) is 64.2 Å². The molecule has 2 aliphatic rings. The maximum atomic E-state index is 12.6. The van der Waals surface area contributed by atoms with Crippen molar-refractivity contribution >= 4 is 17.9 Å². The van der Waals surface area contributed by atoms with Crippen molar-refractivity contribution < 1.29 is 42.8 Å². The van der Waals surface area contributed by atoms with Gasteiger partial charge in [0.1, 0.15) is 12.7 Å². The maximum absolute atomic E-state index is 12.6.